The Bertz CT molecular complexity index is 1040. The summed E-state index contributed by atoms with van der Waals surface area (Å²) in [6.45, 7) is 10.7. The van der Waals surface area contributed by atoms with E-state index < -0.39 is 17.6 Å². The van der Waals surface area contributed by atoms with Gasteiger partial charge in [0.2, 0.25) is 12.2 Å². The van der Waals surface area contributed by atoms with Crippen LogP contribution in [0.1, 0.15) is 59.4 Å². The molecule has 2 aromatic heterocycles. The molecule has 0 amide bonds. The van der Waals surface area contributed by atoms with Gasteiger partial charge in [0.05, 0.1) is 17.3 Å². The van der Waals surface area contributed by atoms with Crippen LogP contribution in [0, 0.1) is 0 Å². The van der Waals surface area contributed by atoms with Crippen LogP contribution in [-0.4, -0.2) is 60.1 Å². The molecule has 1 aromatic carbocycles. The SMILES string of the molecule is CC(C)n1ncc2ccc(-c3noc(C4(O)CCN(C(O)OC(C)(C)C)CC4)n3)cc21. The zero-order valence-corrected chi connectivity index (χ0v) is 18.7. The normalized spacial score (nSPS) is 18.7. The first kappa shape index (κ1) is 21.9. The minimum atomic E-state index is -1.23. The van der Waals surface area contributed by atoms with Gasteiger partial charge in [-0.05, 0) is 53.5 Å². The van der Waals surface area contributed by atoms with Crippen molar-refractivity contribution in [3.05, 3.63) is 30.3 Å². The van der Waals surface area contributed by atoms with Gasteiger partial charge in [0.1, 0.15) is 5.60 Å². The standard InChI is InChI=1S/C22H31N5O4/c1-14(2)27-17-12-15(6-7-16(17)13-23-27)18-24-19(31-25-18)22(29)8-10-26(11-9-22)20(28)30-21(3,4)5/h6-7,12-14,20,28-29H,8-11H2,1-5H3. The zero-order chi connectivity index (χ0) is 22.4. The number of nitrogens with zero attached hydrogens (tertiary/aromatic N) is 5. The molecule has 0 spiro atoms. The number of hydrogen-bond donors (Lipinski definition) is 2. The van der Waals surface area contributed by atoms with Crippen LogP contribution in [0.5, 0.6) is 0 Å². The molecular formula is C22H31N5O4. The molecule has 168 valence electrons. The van der Waals surface area contributed by atoms with Crippen molar-refractivity contribution < 1.29 is 19.5 Å². The van der Waals surface area contributed by atoms with Crippen LogP contribution < -0.4 is 0 Å². The molecule has 2 N–H and O–H groups in total. The molecule has 1 unspecified atom stereocenters. The Morgan fingerprint density at radius 2 is 1.90 bits per heavy atom. The minimum Gasteiger partial charge on any atom is -0.380 e. The summed E-state index contributed by atoms with van der Waals surface area (Å²) in [5, 5.41) is 31.0. The molecule has 4 rings (SSSR count). The second kappa shape index (κ2) is 7.98. The number of aliphatic hydroxyl groups is 2. The third-order valence-corrected chi connectivity index (χ3v) is 5.57. The van der Waals surface area contributed by atoms with E-state index in [2.05, 4.69) is 29.1 Å². The summed E-state index contributed by atoms with van der Waals surface area (Å²) in [7, 11) is 0. The van der Waals surface area contributed by atoms with Gasteiger partial charge in [-0.25, -0.2) is 0 Å². The first-order valence-corrected chi connectivity index (χ1v) is 10.7. The first-order valence-electron chi connectivity index (χ1n) is 10.7. The summed E-state index contributed by atoms with van der Waals surface area (Å²) >= 11 is 0. The fourth-order valence-corrected chi connectivity index (χ4v) is 3.84. The summed E-state index contributed by atoms with van der Waals surface area (Å²) < 4.78 is 13.0. The van der Waals surface area contributed by atoms with E-state index in [4.69, 9.17) is 9.26 Å². The lowest BCUT2D eigenvalue weighted by Gasteiger charge is -2.39. The number of likely N-dealkylation sites (tertiary alicyclic amines) is 1. The van der Waals surface area contributed by atoms with Gasteiger partial charge in [0.15, 0.2) is 0 Å². The van der Waals surface area contributed by atoms with E-state index in [0.29, 0.717) is 31.8 Å². The van der Waals surface area contributed by atoms with Crippen molar-refractivity contribution in [2.45, 2.75) is 71.1 Å². The Kier molecular flexibility index (Phi) is 5.63. The number of hydrogen-bond acceptors (Lipinski definition) is 8. The average Bonchev–Trinajstić information content (AvgIpc) is 3.34. The Morgan fingerprint density at radius 1 is 1.19 bits per heavy atom. The van der Waals surface area contributed by atoms with Gasteiger partial charge in [-0.3, -0.25) is 9.58 Å². The van der Waals surface area contributed by atoms with Gasteiger partial charge in [0.25, 0.3) is 5.89 Å². The van der Waals surface area contributed by atoms with E-state index in [0.717, 1.165) is 16.5 Å². The average molecular weight is 430 g/mol. The van der Waals surface area contributed by atoms with Crippen LogP contribution in [0.15, 0.2) is 28.9 Å². The van der Waals surface area contributed by atoms with Gasteiger partial charge in [-0.2, -0.15) is 10.1 Å². The summed E-state index contributed by atoms with van der Waals surface area (Å²) in [5.74, 6) is 0.631. The highest BCUT2D eigenvalue weighted by atomic mass is 16.6. The van der Waals surface area contributed by atoms with Crippen molar-refractivity contribution in [1.82, 2.24) is 24.8 Å². The van der Waals surface area contributed by atoms with E-state index in [1.165, 1.54) is 0 Å². The number of benzene rings is 1. The molecular weight excluding hydrogens is 398 g/mol. The fourth-order valence-electron chi connectivity index (χ4n) is 3.84. The van der Waals surface area contributed by atoms with E-state index in [9.17, 15) is 10.2 Å². The maximum absolute atomic E-state index is 11.1. The van der Waals surface area contributed by atoms with Crippen molar-refractivity contribution in [3.63, 3.8) is 0 Å². The molecule has 31 heavy (non-hydrogen) atoms. The molecule has 1 aliphatic rings. The lowest BCUT2D eigenvalue weighted by Crippen LogP contribution is -2.49. The molecule has 3 aromatic rings. The summed E-state index contributed by atoms with van der Waals surface area (Å²) in [6, 6.07) is 6.13. The number of rotatable bonds is 5. The highest BCUT2D eigenvalue weighted by molar-refractivity contribution is 5.83. The van der Waals surface area contributed by atoms with Gasteiger partial charge < -0.3 is 19.5 Å². The van der Waals surface area contributed by atoms with Crippen LogP contribution in [0.2, 0.25) is 0 Å². The Hall–Kier alpha value is -2.33. The van der Waals surface area contributed by atoms with E-state index in [1.54, 1.807) is 4.90 Å². The highest BCUT2D eigenvalue weighted by Crippen LogP contribution is 2.34. The lowest BCUT2D eigenvalue weighted by molar-refractivity contribution is -0.250. The summed E-state index contributed by atoms with van der Waals surface area (Å²) in [6.07, 6.45) is 1.55. The fraction of sp³-hybridized carbons (Fsp3) is 0.591. The van der Waals surface area contributed by atoms with Crippen molar-refractivity contribution in [2.75, 3.05) is 13.1 Å². The van der Waals surface area contributed by atoms with Crippen molar-refractivity contribution in [2.24, 2.45) is 0 Å². The molecule has 0 aliphatic carbocycles. The molecule has 1 atom stereocenters. The number of aliphatic hydroxyl groups excluding tert-OH is 1. The van der Waals surface area contributed by atoms with E-state index in [1.807, 2.05) is 49.8 Å². The van der Waals surface area contributed by atoms with Crippen LogP contribution in [0.3, 0.4) is 0 Å². The predicted octanol–water partition coefficient (Wildman–Crippen LogP) is 3.04. The monoisotopic (exact) mass is 429 g/mol. The van der Waals surface area contributed by atoms with Crippen molar-refractivity contribution in [1.29, 1.82) is 0 Å². The van der Waals surface area contributed by atoms with Crippen LogP contribution in [-0.2, 0) is 10.3 Å². The largest absolute Gasteiger partial charge is 0.380 e. The van der Waals surface area contributed by atoms with Gasteiger partial charge in [-0.1, -0.05) is 17.3 Å². The topological polar surface area (TPSA) is 110 Å². The van der Waals surface area contributed by atoms with E-state index >= 15 is 0 Å². The van der Waals surface area contributed by atoms with Gasteiger partial charge in [-0.15, -0.1) is 0 Å². The van der Waals surface area contributed by atoms with Crippen molar-refractivity contribution >= 4 is 10.9 Å². The molecule has 0 bridgehead atoms. The van der Waals surface area contributed by atoms with Crippen LogP contribution in [0.4, 0.5) is 0 Å². The molecule has 9 nitrogen and oxygen atoms in total. The number of fused-ring (bicyclic) bond motifs is 1. The quantitative estimate of drug-likeness (QED) is 0.596. The van der Waals surface area contributed by atoms with Crippen LogP contribution >= 0.6 is 0 Å². The maximum Gasteiger partial charge on any atom is 0.259 e. The maximum atomic E-state index is 11.1. The van der Waals surface area contributed by atoms with E-state index in [-0.39, 0.29) is 11.9 Å². The Morgan fingerprint density at radius 3 is 2.55 bits per heavy atom. The number of ether oxygens (including phenoxy) is 1. The number of piperidine rings is 1. The molecule has 1 saturated heterocycles. The first-order chi connectivity index (χ1) is 14.6. The number of aromatic nitrogens is 4. The third kappa shape index (κ3) is 4.50. The van der Waals surface area contributed by atoms with Crippen molar-refractivity contribution in [3.8, 4) is 11.4 Å². The Labute approximate surface area is 181 Å². The minimum absolute atomic E-state index is 0.200. The summed E-state index contributed by atoms with van der Waals surface area (Å²) in [4.78, 5) is 6.29. The molecule has 1 fully saturated rings. The van der Waals surface area contributed by atoms with Crippen LogP contribution in [0.25, 0.3) is 22.3 Å². The predicted molar refractivity (Wildman–Crippen MR) is 115 cm³/mol. The highest BCUT2D eigenvalue weighted by Gasteiger charge is 2.41. The third-order valence-electron chi connectivity index (χ3n) is 5.57. The lowest BCUT2D eigenvalue weighted by atomic mass is 9.91. The Balaban J connectivity index is 1.50. The second-order valence-electron chi connectivity index (χ2n) is 9.50. The molecule has 3 heterocycles. The molecule has 0 saturated carbocycles. The molecule has 0 radical (unpaired) electrons. The smallest absolute Gasteiger partial charge is 0.259 e. The second-order valence-corrected chi connectivity index (χ2v) is 9.50. The molecule has 9 heteroatoms. The van der Waals surface area contributed by atoms with Gasteiger partial charge >= 0.3 is 0 Å². The molecule has 1 aliphatic heterocycles. The van der Waals surface area contributed by atoms with Gasteiger partial charge in [0, 0.05) is 30.1 Å². The summed E-state index contributed by atoms with van der Waals surface area (Å²) in [5.41, 5.74) is 0.117. The zero-order valence-electron chi connectivity index (χ0n) is 18.7.